The molecule has 1 amide bonds. The number of nitrogens with one attached hydrogen (secondary N) is 2. The third-order valence-corrected chi connectivity index (χ3v) is 6.29. The van der Waals surface area contributed by atoms with Gasteiger partial charge in [0.1, 0.15) is 5.75 Å². The SMILES string of the molecule is O=C(O)COc1c(Br)cc(/C=N\NC(=O)Cc2csc(Nc3cccc(C(F)(F)F)c3)n2)cc1I. The largest absolute Gasteiger partial charge is 0.480 e. The summed E-state index contributed by atoms with van der Waals surface area (Å²) in [6.07, 6.45) is -3.12. The van der Waals surface area contributed by atoms with E-state index in [1.54, 1.807) is 17.5 Å². The predicted molar refractivity (Wildman–Crippen MR) is 136 cm³/mol. The summed E-state index contributed by atoms with van der Waals surface area (Å²) in [6.45, 7) is -0.480. The fourth-order valence-electron chi connectivity index (χ4n) is 2.65. The lowest BCUT2D eigenvalue weighted by Gasteiger charge is -2.09. The van der Waals surface area contributed by atoms with E-state index in [1.807, 2.05) is 22.6 Å². The van der Waals surface area contributed by atoms with Gasteiger partial charge in [-0.3, -0.25) is 4.79 Å². The van der Waals surface area contributed by atoms with Gasteiger partial charge in [0.15, 0.2) is 11.7 Å². The number of nitrogens with zero attached hydrogens (tertiary/aromatic N) is 2. The molecule has 35 heavy (non-hydrogen) atoms. The number of thiazole rings is 1. The number of carboxylic acids is 1. The molecule has 2 aromatic carbocycles. The van der Waals surface area contributed by atoms with E-state index in [4.69, 9.17) is 9.84 Å². The van der Waals surface area contributed by atoms with Crippen LogP contribution < -0.4 is 15.5 Å². The van der Waals surface area contributed by atoms with Gasteiger partial charge >= 0.3 is 12.1 Å². The molecule has 0 aliphatic carbocycles. The van der Waals surface area contributed by atoms with Gasteiger partial charge in [0, 0.05) is 11.1 Å². The van der Waals surface area contributed by atoms with E-state index in [-0.39, 0.29) is 12.1 Å². The smallest absolute Gasteiger partial charge is 0.416 e. The van der Waals surface area contributed by atoms with Gasteiger partial charge in [-0.1, -0.05) is 6.07 Å². The molecule has 184 valence electrons. The Balaban J connectivity index is 1.55. The molecule has 14 heteroatoms. The van der Waals surface area contributed by atoms with Gasteiger partial charge in [-0.25, -0.2) is 15.2 Å². The van der Waals surface area contributed by atoms with Crippen LogP contribution in [-0.4, -0.2) is 34.8 Å². The Kier molecular flexibility index (Phi) is 9.07. The number of ether oxygens (including phenoxy) is 1. The van der Waals surface area contributed by atoms with Crippen LogP contribution in [0.25, 0.3) is 0 Å². The lowest BCUT2D eigenvalue weighted by molar-refractivity contribution is -0.139. The maximum atomic E-state index is 12.9. The molecule has 1 heterocycles. The zero-order chi connectivity index (χ0) is 25.6. The van der Waals surface area contributed by atoms with Crippen molar-refractivity contribution in [2.45, 2.75) is 12.6 Å². The number of aliphatic carboxylic acids is 1. The number of carbonyl (C=O) groups is 2. The van der Waals surface area contributed by atoms with Crippen molar-refractivity contribution in [3.8, 4) is 5.75 Å². The molecule has 0 fully saturated rings. The zero-order valence-electron chi connectivity index (χ0n) is 17.4. The van der Waals surface area contributed by atoms with E-state index in [1.165, 1.54) is 18.3 Å². The molecule has 0 spiro atoms. The molecule has 1 aromatic heterocycles. The molecular formula is C21H15BrF3IN4O4S. The van der Waals surface area contributed by atoms with E-state index >= 15 is 0 Å². The van der Waals surface area contributed by atoms with Crippen molar-refractivity contribution >= 4 is 78.8 Å². The molecule has 0 aliphatic rings. The molecular weight excluding hydrogens is 668 g/mol. The fraction of sp³-hybridized carbons (Fsp3) is 0.143. The summed E-state index contributed by atoms with van der Waals surface area (Å²) in [5.74, 6) is -1.15. The van der Waals surface area contributed by atoms with Crippen LogP contribution in [0.4, 0.5) is 24.0 Å². The molecule has 0 atom stereocenters. The first-order valence-electron chi connectivity index (χ1n) is 9.55. The Morgan fingerprint density at radius 1 is 1.29 bits per heavy atom. The highest BCUT2D eigenvalue weighted by Gasteiger charge is 2.30. The Bertz CT molecular complexity index is 1250. The van der Waals surface area contributed by atoms with Crippen molar-refractivity contribution in [3.63, 3.8) is 0 Å². The number of alkyl halides is 3. The molecule has 8 nitrogen and oxygen atoms in total. The van der Waals surface area contributed by atoms with Crippen molar-refractivity contribution in [1.82, 2.24) is 10.4 Å². The van der Waals surface area contributed by atoms with Gasteiger partial charge in [0.05, 0.1) is 31.9 Å². The summed E-state index contributed by atoms with van der Waals surface area (Å²) >= 11 is 6.45. The topological polar surface area (TPSA) is 113 Å². The molecule has 0 saturated carbocycles. The minimum atomic E-state index is -4.45. The lowest BCUT2D eigenvalue weighted by Crippen LogP contribution is -2.20. The van der Waals surface area contributed by atoms with Crippen molar-refractivity contribution in [3.05, 3.63) is 66.6 Å². The Labute approximate surface area is 222 Å². The fourth-order valence-corrected chi connectivity index (χ4v) is 5.15. The summed E-state index contributed by atoms with van der Waals surface area (Å²) in [7, 11) is 0. The number of hydrogen-bond donors (Lipinski definition) is 3. The zero-order valence-corrected chi connectivity index (χ0v) is 22.0. The lowest BCUT2D eigenvalue weighted by atomic mass is 10.2. The summed E-state index contributed by atoms with van der Waals surface area (Å²) in [5.41, 5.74) is 2.89. The van der Waals surface area contributed by atoms with E-state index in [9.17, 15) is 22.8 Å². The highest BCUT2D eigenvalue weighted by molar-refractivity contribution is 14.1. The summed E-state index contributed by atoms with van der Waals surface area (Å²) in [5, 5.41) is 17.4. The Morgan fingerprint density at radius 2 is 2.06 bits per heavy atom. The van der Waals surface area contributed by atoms with Crippen molar-refractivity contribution in [2.24, 2.45) is 5.10 Å². The van der Waals surface area contributed by atoms with E-state index < -0.39 is 30.2 Å². The van der Waals surface area contributed by atoms with Gasteiger partial charge < -0.3 is 15.2 Å². The first-order valence-corrected chi connectivity index (χ1v) is 12.3. The highest BCUT2D eigenvalue weighted by Crippen LogP contribution is 2.32. The molecule has 3 rings (SSSR count). The predicted octanol–water partition coefficient (Wildman–Crippen LogP) is 5.43. The van der Waals surface area contributed by atoms with E-state index in [2.05, 4.69) is 36.8 Å². The number of aromatic nitrogens is 1. The van der Waals surface area contributed by atoms with Crippen LogP contribution in [0.1, 0.15) is 16.8 Å². The number of hydrazone groups is 1. The number of benzene rings is 2. The molecule has 0 unspecified atom stereocenters. The summed E-state index contributed by atoms with van der Waals surface area (Å²) < 4.78 is 45.0. The number of halogens is 5. The van der Waals surface area contributed by atoms with E-state index in [0.29, 0.717) is 30.2 Å². The second-order valence-electron chi connectivity index (χ2n) is 6.81. The number of carbonyl (C=O) groups excluding carboxylic acids is 1. The molecule has 0 saturated heterocycles. The third-order valence-electron chi connectivity index (χ3n) is 4.10. The van der Waals surface area contributed by atoms with Crippen LogP contribution >= 0.6 is 49.9 Å². The first kappa shape index (κ1) is 26.9. The maximum Gasteiger partial charge on any atom is 0.416 e. The van der Waals surface area contributed by atoms with Crippen LogP contribution in [0, 0.1) is 3.57 Å². The normalized spacial score (nSPS) is 11.5. The number of amides is 1. The second kappa shape index (κ2) is 11.8. The minimum Gasteiger partial charge on any atom is -0.480 e. The molecule has 0 aliphatic heterocycles. The van der Waals surface area contributed by atoms with Gasteiger partial charge in [-0.05, 0) is 74.4 Å². The van der Waals surface area contributed by atoms with Gasteiger partial charge in [0.2, 0.25) is 5.91 Å². The number of anilines is 2. The van der Waals surface area contributed by atoms with Crippen molar-refractivity contribution in [1.29, 1.82) is 0 Å². The monoisotopic (exact) mass is 682 g/mol. The summed E-state index contributed by atoms with van der Waals surface area (Å²) in [4.78, 5) is 27.1. The van der Waals surface area contributed by atoms with Crippen molar-refractivity contribution in [2.75, 3.05) is 11.9 Å². The minimum absolute atomic E-state index is 0.0820. The molecule has 3 N–H and O–H groups in total. The van der Waals surface area contributed by atoms with Gasteiger partial charge in [-0.2, -0.15) is 18.3 Å². The second-order valence-corrected chi connectivity index (χ2v) is 9.69. The highest BCUT2D eigenvalue weighted by atomic mass is 127. The average Bonchev–Trinajstić information content (AvgIpc) is 3.19. The Morgan fingerprint density at radius 3 is 2.74 bits per heavy atom. The van der Waals surface area contributed by atoms with Crippen LogP contribution in [0.5, 0.6) is 5.75 Å². The molecule has 0 bridgehead atoms. The van der Waals surface area contributed by atoms with Crippen LogP contribution in [0.2, 0.25) is 0 Å². The Hall–Kier alpha value is -2.72. The molecule has 3 aromatic rings. The van der Waals surface area contributed by atoms with E-state index in [0.717, 1.165) is 23.5 Å². The van der Waals surface area contributed by atoms with Crippen LogP contribution in [0.15, 0.2) is 51.4 Å². The van der Waals surface area contributed by atoms with Gasteiger partial charge in [0.25, 0.3) is 0 Å². The van der Waals surface area contributed by atoms with Crippen LogP contribution in [-0.2, 0) is 22.2 Å². The summed E-state index contributed by atoms with van der Waals surface area (Å²) in [6, 6.07) is 8.09. The number of rotatable bonds is 9. The quantitative estimate of drug-likeness (QED) is 0.158. The standard InChI is InChI=1S/C21H15BrF3IN4O4S/c22-15-4-11(5-16(26)19(15)34-9-18(32)33)8-27-30-17(31)7-14-10-35-20(29-14)28-13-3-1-2-12(6-13)21(23,24)25/h1-6,8,10H,7,9H2,(H,28,29)(H,30,31)(H,32,33)/b27-8-. The molecule has 0 radical (unpaired) electrons. The number of carboxylic acid groups (broad SMARTS) is 1. The van der Waals surface area contributed by atoms with Crippen molar-refractivity contribution < 1.29 is 32.6 Å². The first-order chi connectivity index (χ1) is 16.5. The average molecular weight is 683 g/mol. The number of hydrogen-bond acceptors (Lipinski definition) is 7. The maximum absolute atomic E-state index is 12.9. The van der Waals surface area contributed by atoms with Gasteiger partial charge in [-0.15, -0.1) is 11.3 Å². The van der Waals surface area contributed by atoms with Crippen LogP contribution in [0.3, 0.4) is 0 Å². The third kappa shape index (κ3) is 8.17.